The molecular weight excluding hydrogens is 380 g/mol. The first kappa shape index (κ1) is 18.4. The molecule has 0 spiro atoms. The number of ether oxygens (including phenoxy) is 2. The number of pyridine rings is 1. The topological polar surface area (TPSA) is 76.8 Å². The molecule has 0 bridgehead atoms. The Labute approximate surface area is 174 Å². The van der Waals surface area contributed by atoms with Gasteiger partial charge in [0, 0.05) is 36.7 Å². The van der Waals surface area contributed by atoms with E-state index >= 15 is 0 Å². The maximum Gasteiger partial charge on any atom is 0.245 e. The summed E-state index contributed by atoms with van der Waals surface area (Å²) in [6.07, 6.45) is 5.40. The average Bonchev–Trinajstić information content (AvgIpc) is 3.23. The summed E-state index contributed by atoms with van der Waals surface area (Å²) in [7, 11) is 1.69. The molecule has 1 saturated heterocycles. The Hall–Kier alpha value is -3.65. The van der Waals surface area contributed by atoms with E-state index in [0.29, 0.717) is 19.2 Å². The molecule has 0 unspecified atom stereocenters. The Morgan fingerprint density at radius 3 is 2.77 bits per heavy atom. The smallest absolute Gasteiger partial charge is 0.245 e. The van der Waals surface area contributed by atoms with Gasteiger partial charge in [0.25, 0.3) is 0 Å². The Morgan fingerprint density at radius 2 is 1.97 bits per heavy atom. The van der Waals surface area contributed by atoms with Crippen molar-refractivity contribution < 1.29 is 9.47 Å². The van der Waals surface area contributed by atoms with Gasteiger partial charge in [-0.05, 0) is 42.5 Å². The van der Waals surface area contributed by atoms with Crippen LogP contribution in [0.2, 0.25) is 0 Å². The van der Waals surface area contributed by atoms with Gasteiger partial charge < -0.3 is 19.7 Å². The Morgan fingerprint density at radius 1 is 1.07 bits per heavy atom. The lowest BCUT2D eigenvalue weighted by Crippen LogP contribution is -2.36. The van der Waals surface area contributed by atoms with Gasteiger partial charge >= 0.3 is 0 Å². The van der Waals surface area contributed by atoms with Crippen LogP contribution in [0.1, 0.15) is 0 Å². The van der Waals surface area contributed by atoms with E-state index in [2.05, 4.69) is 26.3 Å². The van der Waals surface area contributed by atoms with Gasteiger partial charge in [0.05, 0.1) is 43.4 Å². The van der Waals surface area contributed by atoms with Crippen molar-refractivity contribution in [1.29, 1.82) is 0 Å². The first-order valence-corrected chi connectivity index (χ1v) is 9.85. The number of hydrogen-bond acceptors (Lipinski definition) is 7. The van der Waals surface area contributed by atoms with Crippen molar-refractivity contribution in [2.45, 2.75) is 0 Å². The average molecular weight is 402 g/mol. The third-order valence-corrected chi connectivity index (χ3v) is 5.14. The highest BCUT2D eigenvalue weighted by Gasteiger charge is 2.16. The SMILES string of the molecule is COc1ccc(Nc2ncc3ccc(-c4cccnc4)n3n2)cc1N1CCOCC1. The summed E-state index contributed by atoms with van der Waals surface area (Å²) >= 11 is 0. The summed E-state index contributed by atoms with van der Waals surface area (Å²) in [5.41, 5.74) is 4.81. The van der Waals surface area contributed by atoms with E-state index < -0.39 is 0 Å². The van der Waals surface area contributed by atoms with Crippen molar-refractivity contribution in [1.82, 2.24) is 19.6 Å². The molecule has 8 heteroatoms. The molecule has 1 aliphatic heterocycles. The van der Waals surface area contributed by atoms with Gasteiger partial charge in [-0.15, -0.1) is 5.10 Å². The fourth-order valence-electron chi connectivity index (χ4n) is 3.64. The van der Waals surface area contributed by atoms with Crippen LogP contribution in [0.15, 0.2) is 61.1 Å². The van der Waals surface area contributed by atoms with E-state index in [1.807, 2.05) is 53.3 Å². The molecule has 30 heavy (non-hydrogen) atoms. The number of methoxy groups -OCH3 is 1. The molecule has 5 rings (SSSR count). The van der Waals surface area contributed by atoms with E-state index in [0.717, 1.165) is 47.0 Å². The zero-order valence-electron chi connectivity index (χ0n) is 16.7. The van der Waals surface area contributed by atoms with Crippen LogP contribution in [0, 0.1) is 0 Å². The van der Waals surface area contributed by atoms with Crippen LogP contribution in [-0.2, 0) is 4.74 Å². The molecule has 1 fully saturated rings. The molecule has 0 radical (unpaired) electrons. The molecule has 1 N–H and O–H groups in total. The van der Waals surface area contributed by atoms with Gasteiger partial charge in [0.2, 0.25) is 5.95 Å². The normalized spacial score (nSPS) is 14.1. The summed E-state index contributed by atoms with van der Waals surface area (Å²) in [6, 6.07) is 13.9. The molecule has 1 aromatic carbocycles. The number of nitrogens with one attached hydrogen (secondary N) is 1. The monoisotopic (exact) mass is 402 g/mol. The highest BCUT2D eigenvalue weighted by atomic mass is 16.5. The van der Waals surface area contributed by atoms with Crippen molar-refractivity contribution in [2.24, 2.45) is 0 Å². The molecule has 0 atom stereocenters. The molecule has 0 amide bonds. The van der Waals surface area contributed by atoms with Gasteiger partial charge in [0.1, 0.15) is 5.75 Å². The maximum atomic E-state index is 5.56. The van der Waals surface area contributed by atoms with Gasteiger partial charge in [0.15, 0.2) is 0 Å². The summed E-state index contributed by atoms with van der Waals surface area (Å²) < 4.78 is 12.9. The minimum atomic E-state index is 0.516. The number of rotatable bonds is 5. The Bertz CT molecular complexity index is 1150. The van der Waals surface area contributed by atoms with Crippen molar-refractivity contribution in [2.75, 3.05) is 43.6 Å². The summed E-state index contributed by atoms with van der Waals surface area (Å²) in [5.74, 6) is 1.35. The summed E-state index contributed by atoms with van der Waals surface area (Å²) in [4.78, 5) is 10.9. The van der Waals surface area contributed by atoms with Crippen molar-refractivity contribution in [3.63, 3.8) is 0 Å². The molecule has 1 aliphatic rings. The van der Waals surface area contributed by atoms with Crippen LogP contribution >= 0.6 is 0 Å². The van der Waals surface area contributed by atoms with E-state index in [1.165, 1.54) is 0 Å². The van der Waals surface area contributed by atoms with Crippen LogP contribution in [0.5, 0.6) is 5.75 Å². The third-order valence-electron chi connectivity index (χ3n) is 5.14. The van der Waals surface area contributed by atoms with Crippen LogP contribution < -0.4 is 15.0 Å². The summed E-state index contributed by atoms with van der Waals surface area (Å²) in [5, 5.41) is 8.02. The quantitative estimate of drug-likeness (QED) is 0.548. The lowest BCUT2D eigenvalue weighted by atomic mass is 10.2. The molecule has 8 nitrogen and oxygen atoms in total. The largest absolute Gasteiger partial charge is 0.495 e. The number of anilines is 3. The van der Waals surface area contributed by atoms with Crippen LogP contribution in [-0.4, -0.2) is 53.0 Å². The second-order valence-corrected chi connectivity index (χ2v) is 6.99. The maximum absolute atomic E-state index is 5.56. The number of aromatic nitrogens is 4. The number of benzene rings is 1. The fourth-order valence-corrected chi connectivity index (χ4v) is 3.64. The third kappa shape index (κ3) is 3.53. The first-order valence-electron chi connectivity index (χ1n) is 9.85. The predicted octanol–water partition coefficient (Wildman–Crippen LogP) is 3.38. The molecule has 4 heterocycles. The van der Waals surface area contributed by atoms with Crippen LogP contribution in [0.25, 0.3) is 16.8 Å². The second-order valence-electron chi connectivity index (χ2n) is 6.99. The number of nitrogens with zero attached hydrogens (tertiary/aromatic N) is 5. The lowest BCUT2D eigenvalue weighted by Gasteiger charge is -2.30. The van der Waals surface area contributed by atoms with E-state index in [4.69, 9.17) is 14.6 Å². The Kier molecular flexibility index (Phi) is 4.90. The van der Waals surface area contributed by atoms with E-state index in [1.54, 1.807) is 13.3 Å². The predicted molar refractivity (Wildman–Crippen MR) is 116 cm³/mol. The summed E-state index contributed by atoms with van der Waals surface area (Å²) in [6.45, 7) is 3.09. The molecule has 4 aromatic rings. The van der Waals surface area contributed by atoms with Crippen LogP contribution in [0.4, 0.5) is 17.3 Å². The van der Waals surface area contributed by atoms with E-state index in [9.17, 15) is 0 Å². The zero-order chi connectivity index (χ0) is 20.3. The van der Waals surface area contributed by atoms with Crippen LogP contribution in [0.3, 0.4) is 0 Å². The van der Waals surface area contributed by atoms with Crippen molar-refractivity contribution in [3.8, 4) is 17.0 Å². The van der Waals surface area contributed by atoms with Gasteiger partial charge in [-0.2, -0.15) is 0 Å². The minimum Gasteiger partial charge on any atom is -0.495 e. The fraction of sp³-hybridized carbons (Fsp3) is 0.227. The minimum absolute atomic E-state index is 0.516. The number of fused-ring (bicyclic) bond motifs is 1. The number of morpholine rings is 1. The van der Waals surface area contributed by atoms with E-state index in [-0.39, 0.29) is 0 Å². The van der Waals surface area contributed by atoms with Gasteiger partial charge in [-0.25, -0.2) is 9.50 Å². The van der Waals surface area contributed by atoms with Gasteiger partial charge in [-0.3, -0.25) is 4.98 Å². The standard InChI is InChI=1S/C22H22N6O2/c1-29-21-7-4-17(13-20(21)27-9-11-30-12-10-27)25-22-24-15-18-5-6-19(28(18)26-22)16-3-2-8-23-14-16/h2-8,13-15H,9-12H2,1H3,(H,25,26). The molecule has 3 aromatic heterocycles. The number of hydrogen-bond donors (Lipinski definition) is 1. The highest BCUT2D eigenvalue weighted by Crippen LogP contribution is 2.32. The van der Waals surface area contributed by atoms with Gasteiger partial charge in [-0.1, -0.05) is 0 Å². The van der Waals surface area contributed by atoms with Crippen molar-refractivity contribution >= 4 is 22.8 Å². The highest BCUT2D eigenvalue weighted by molar-refractivity contribution is 5.69. The molecule has 152 valence electrons. The lowest BCUT2D eigenvalue weighted by molar-refractivity contribution is 0.122. The first-order chi connectivity index (χ1) is 14.8. The van der Waals surface area contributed by atoms with Crippen molar-refractivity contribution in [3.05, 3.63) is 61.1 Å². The molecular formula is C22H22N6O2. The Balaban J connectivity index is 1.47. The molecule has 0 aliphatic carbocycles. The second kappa shape index (κ2) is 8.00. The zero-order valence-corrected chi connectivity index (χ0v) is 16.7. The molecule has 0 saturated carbocycles.